The van der Waals surface area contributed by atoms with E-state index >= 15 is 0 Å². The van der Waals surface area contributed by atoms with E-state index in [4.69, 9.17) is 21.1 Å². The molecule has 0 radical (unpaired) electrons. The van der Waals surface area contributed by atoms with Gasteiger partial charge in [0.25, 0.3) is 0 Å². The van der Waals surface area contributed by atoms with Gasteiger partial charge in [-0.25, -0.2) is 12.8 Å². The summed E-state index contributed by atoms with van der Waals surface area (Å²) < 4.78 is 51.8. The number of ether oxygens (including phenoxy) is 2. The van der Waals surface area contributed by atoms with Crippen molar-refractivity contribution in [2.45, 2.75) is 18.0 Å². The lowest BCUT2D eigenvalue weighted by Gasteiger charge is -2.35. The number of benzene rings is 2. The summed E-state index contributed by atoms with van der Waals surface area (Å²) in [5.74, 6) is 0.0931. The van der Waals surface area contributed by atoms with Crippen LogP contribution in [0.25, 0.3) is 0 Å². The van der Waals surface area contributed by atoms with Gasteiger partial charge in [-0.15, -0.1) is 0 Å². The second kappa shape index (κ2) is 9.94. The molecule has 0 saturated carbocycles. The van der Waals surface area contributed by atoms with E-state index in [1.54, 1.807) is 29.0 Å². The monoisotopic (exact) mass is 497 g/mol. The molecule has 2 aliphatic rings. The van der Waals surface area contributed by atoms with Gasteiger partial charge in [0, 0.05) is 43.9 Å². The molecule has 2 aromatic carbocycles. The summed E-state index contributed by atoms with van der Waals surface area (Å²) in [6.45, 7) is 1.77. The lowest BCUT2D eigenvalue weighted by Crippen LogP contribution is -2.52. The van der Waals surface area contributed by atoms with Crippen LogP contribution < -0.4 is 4.74 Å². The zero-order valence-electron chi connectivity index (χ0n) is 18.2. The predicted molar refractivity (Wildman–Crippen MR) is 120 cm³/mol. The molecule has 11 heteroatoms. The molecule has 0 aliphatic carbocycles. The van der Waals surface area contributed by atoms with Crippen molar-refractivity contribution < 1.29 is 27.1 Å². The number of amides is 1. The van der Waals surface area contributed by atoms with Crippen LogP contribution in [-0.4, -0.2) is 75.0 Å². The summed E-state index contributed by atoms with van der Waals surface area (Å²) in [4.78, 5) is 16.3. The first-order valence-corrected chi connectivity index (χ1v) is 12.3. The zero-order valence-corrected chi connectivity index (χ0v) is 19.7. The van der Waals surface area contributed by atoms with Crippen molar-refractivity contribution in [3.63, 3.8) is 0 Å². The zero-order chi connectivity index (χ0) is 23.6. The van der Waals surface area contributed by atoms with E-state index in [-0.39, 0.29) is 67.8 Å². The molecule has 2 heterocycles. The molecule has 0 atom stereocenters. The molecule has 2 aromatic rings. The Morgan fingerprint density at radius 2 is 1.91 bits per heavy atom. The van der Waals surface area contributed by atoms with E-state index in [1.807, 2.05) is 0 Å². The van der Waals surface area contributed by atoms with E-state index in [1.165, 1.54) is 28.6 Å². The number of sulfonamides is 1. The van der Waals surface area contributed by atoms with Gasteiger partial charge in [0.05, 0.1) is 18.2 Å². The molecular formula is C22H25ClFN3O5S. The number of carbonyl (C=O) groups is 1. The second-order valence-electron chi connectivity index (χ2n) is 8.05. The Morgan fingerprint density at radius 3 is 2.64 bits per heavy atom. The fourth-order valence-electron chi connectivity index (χ4n) is 4.02. The minimum absolute atomic E-state index is 0.0669. The first-order chi connectivity index (χ1) is 15.8. The highest BCUT2D eigenvalue weighted by Gasteiger charge is 2.31. The summed E-state index contributed by atoms with van der Waals surface area (Å²) in [6.07, 6.45) is 0. The van der Waals surface area contributed by atoms with Gasteiger partial charge in [0.2, 0.25) is 15.9 Å². The number of piperazine rings is 1. The van der Waals surface area contributed by atoms with E-state index in [2.05, 4.69) is 0 Å². The Kier molecular flexibility index (Phi) is 7.20. The molecule has 1 amide bonds. The van der Waals surface area contributed by atoms with Crippen molar-refractivity contribution in [1.29, 1.82) is 0 Å². The smallest absolute Gasteiger partial charge is 0.244 e. The summed E-state index contributed by atoms with van der Waals surface area (Å²) >= 11 is 6.07. The molecular weight excluding hydrogens is 473 g/mol. The molecule has 0 aromatic heterocycles. The molecule has 178 valence electrons. The van der Waals surface area contributed by atoms with E-state index in [0.29, 0.717) is 23.4 Å². The predicted octanol–water partition coefficient (Wildman–Crippen LogP) is 2.31. The maximum absolute atomic E-state index is 14.0. The van der Waals surface area contributed by atoms with Crippen LogP contribution in [0.4, 0.5) is 4.39 Å². The summed E-state index contributed by atoms with van der Waals surface area (Å²) in [6, 6.07) is 9.11. The molecule has 8 nitrogen and oxygen atoms in total. The van der Waals surface area contributed by atoms with Gasteiger partial charge in [-0.1, -0.05) is 23.7 Å². The molecule has 1 fully saturated rings. The number of carbonyl (C=O) groups excluding carboxylic acids is 1. The highest BCUT2D eigenvalue weighted by molar-refractivity contribution is 7.89. The molecule has 1 saturated heterocycles. The van der Waals surface area contributed by atoms with Crippen LogP contribution in [0, 0.1) is 5.82 Å². The topological polar surface area (TPSA) is 79.4 Å². The number of nitrogens with zero attached hydrogens (tertiary/aromatic N) is 3. The normalized spacial score (nSPS) is 17.0. The second-order valence-corrected chi connectivity index (χ2v) is 10.4. The third-order valence-electron chi connectivity index (χ3n) is 5.64. The van der Waals surface area contributed by atoms with E-state index < -0.39 is 10.0 Å². The lowest BCUT2D eigenvalue weighted by atomic mass is 10.1. The average molecular weight is 498 g/mol. The van der Waals surface area contributed by atoms with Gasteiger partial charge in [-0.2, -0.15) is 4.31 Å². The van der Waals surface area contributed by atoms with Gasteiger partial charge >= 0.3 is 0 Å². The van der Waals surface area contributed by atoms with Crippen molar-refractivity contribution in [3.8, 4) is 5.75 Å². The fourth-order valence-corrected chi connectivity index (χ4v) is 5.94. The lowest BCUT2D eigenvalue weighted by molar-refractivity contribution is -0.133. The van der Waals surface area contributed by atoms with Crippen LogP contribution in [0.5, 0.6) is 5.75 Å². The van der Waals surface area contributed by atoms with Crippen LogP contribution in [0.15, 0.2) is 41.3 Å². The Bertz CT molecular complexity index is 1140. The Labute approximate surface area is 197 Å². The van der Waals surface area contributed by atoms with Crippen LogP contribution >= 0.6 is 11.6 Å². The number of halogens is 2. The highest BCUT2D eigenvalue weighted by atomic mass is 35.5. The molecule has 0 bridgehead atoms. The maximum Gasteiger partial charge on any atom is 0.244 e. The quantitative estimate of drug-likeness (QED) is 0.609. The number of fused-ring (bicyclic) bond motifs is 1. The first kappa shape index (κ1) is 23.9. The van der Waals surface area contributed by atoms with Crippen LogP contribution in [0.2, 0.25) is 5.02 Å². The van der Waals surface area contributed by atoms with Crippen LogP contribution in [-0.2, 0) is 32.7 Å². The van der Waals surface area contributed by atoms with Gasteiger partial charge in [0.1, 0.15) is 16.5 Å². The molecule has 0 spiro atoms. The molecule has 0 N–H and O–H groups in total. The fraction of sp³-hybridized carbons (Fsp3) is 0.409. The van der Waals surface area contributed by atoms with Gasteiger partial charge in [-0.05, 0) is 31.3 Å². The van der Waals surface area contributed by atoms with Crippen molar-refractivity contribution in [2.24, 2.45) is 0 Å². The minimum atomic E-state index is -3.73. The highest BCUT2D eigenvalue weighted by Crippen LogP contribution is 2.30. The number of rotatable bonds is 6. The van der Waals surface area contributed by atoms with Crippen LogP contribution in [0.3, 0.4) is 0 Å². The molecule has 33 heavy (non-hydrogen) atoms. The Hall–Kier alpha value is -2.24. The standard InChI is InChI=1S/C22H25ClFN3O5S/c1-25(12-16-10-18(24)11-17-14-31-15-32-22(16)17)13-21(28)26-6-8-27(9-7-26)33(29,30)20-5-3-2-4-19(20)23/h2-5,10-11H,6-9,12-15H2,1H3. The van der Waals surface area contributed by atoms with Crippen molar-refractivity contribution >= 4 is 27.5 Å². The number of hydrogen-bond acceptors (Lipinski definition) is 6. The minimum Gasteiger partial charge on any atom is -0.467 e. The van der Waals surface area contributed by atoms with Crippen molar-refractivity contribution in [3.05, 3.63) is 58.4 Å². The van der Waals surface area contributed by atoms with Gasteiger partial charge in [0.15, 0.2) is 6.79 Å². The third-order valence-corrected chi connectivity index (χ3v) is 8.04. The number of likely N-dealkylation sites (N-methyl/N-ethyl adjacent to an activating group) is 1. The Balaban J connectivity index is 1.34. The molecule has 0 unspecified atom stereocenters. The average Bonchev–Trinajstić information content (AvgIpc) is 2.79. The molecule has 4 rings (SSSR count). The summed E-state index contributed by atoms with van der Waals surface area (Å²) in [5, 5.41) is 0.174. The van der Waals surface area contributed by atoms with Gasteiger partial charge in [-0.3, -0.25) is 9.69 Å². The van der Waals surface area contributed by atoms with Gasteiger partial charge < -0.3 is 14.4 Å². The third kappa shape index (κ3) is 5.30. The maximum atomic E-state index is 14.0. The van der Waals surface area contributed by atoms with E-state index in [9.17, 15) is 17.6 Å². The Morgan fingerprint density at radius 1 is 1.18 bits per heavy atom. The summed E-state index contributed by atoms with van der Waals surface area (Å²) in [7, 11) is -1.95. The number of hydrogen-bond donors (Lipinski definition) is 0. The van der Waals surface area contributed by atoms with E-state index in [0.717, 1.165) is 0 Å². The summed E-state index contributed by atoms with van der Waals surface area (Å²) in [5.41, 5.74) is 1.30. The SMILES string of the molecule is CN(CC(=O)N1CCN(S(=O)(=O)c2ccccc2Cl)CC1)Cc1cc(F)cc2c1OCOC2. The molecule has 2 aliphatic heterocycles. The van der Waals surface area contributed by atoms with Crippen LogP contribution in [0.1, 0.15) is 11.1 Å². The first-order valence-electron chi connectivity index (χ1n) is 10.5. The van der Waals surface area contributed by atoms with Crippen molar-refractivity contribution in [2.75, 3.05) is 46.6 Å². The van der Waals surface area contributed by atoms with Crippen molar-refractivity contribution in [1.82, 2.24) is 14.1 Å². The largest absolute Gasteiger partial charge is 0.467 e.